The molecule has 3 amide bonds. The third-order valence-electron chi connectivity index (χ3n) is 5.92. The summed E-state index contributed by atoms with van der Waals surface area (Å²) in [5, 5.41) is 17.4. The molecular weight excluding hydrogens is 404 g/mol. The number of hydrogen-bond acceptors (Lipinski definition) is 4. The van der Waals surface area contributed by atoms with Gasteiger partial charge in [-0.2, -0.15) is 0 Å². The third-order valence-corrected chi connectivity index (χ3v) is 5.92. The number of nitrogens with zero attached hydrogens (tertiary/aromatic N) is 3. The van der Waals surface area contributed by atoms with Gasteiger partial charge in [0.15, 0.2) is 11.5 Å². The van der Waals surface area contributed by atoms with Crippen LogP contribution in [0.4, 0.5) is 10.5 Å². The molecule has 32 heavy (non-hydrogen) atoms. The molecule has 8 nitrogen and oxygen atoms in total. The van der Waals surface area contributed by atoms with Crippen LogP contribution in [0.3, 0.4) is 0 Å². The van der Waals surface area contributed by atoms with E-state index in [9.17, 15) is 9.59 Å². The lowest BCUT2D eigenvalue weighted by Crippen LogP contribution is -2.36. The van der Waals surface area contributed by atoms with Crippen molar-refractivity contribution in [3.8, 4) is 0 Å². The molecule has 4 rings (SSSR count). The monoisotopic (exact) mass is 434 g/mol. The van der Waals surface area contributed by atoms with Crippen molar-refractivity contribution in [1.82, 2.24) is 25.2 Å². The average Bonchev–Trinajstić information content (AvgIpc) is 3.22. The standard InChI is InChI=1S/C24H30N6O2/c1-16(2)21(22-29-28-20-10-6-7-15-30(20)22)27-24(32)26-19-13-11-17(12-14-19)23(31)25-18-8-4-3-5-9-18/h6-7,10-16,18,21H,3-5,8-9H2,1-2H3,(H,25,31)(H2,26,27,32). The zero-order valence-electron chi connectivity index (χ0n) is 18.5. The van der Waals surface area contributed by atoms with E-state index in [1.54, 1.807) is 24.3 Å². The second-order valence-corrected chi connectivity index (χ2v) is 8.69. The van der Waals surface area contributed by atoms with Gasteiger partial charge in [-0.3, -0.25) is 9.20 Å². The summed E-state index contributed by atoms with van der Waals surface area (Å²) in [5.41, 5.74) is 1.94. The topological polar surface area (TPSA) is 100 Å². The van der Waals surface area contributed by atoms with Crippen LogP contribution in [0.1, 0.15) is 68.2 Å². The van der Waals surface area contributed by atoms with E-state index in [0.29, 0.717) is 17.1 Å². The predicted octanol–water partition coefficient (Wildman–Crippen LogP) is 4.31. The summed E-state index contributed by atoms with van der Waals surface area (Å²) >= 11 is 0. The Kier molecular flexibility index (Phi) is 6.68. The number of nitrogens with one attached hydrogen (secondary N) is 3. The minimum absolute atomic E-state index is 0.0635. The summed E-state index contributed by atoms with van der Waals surface area (Å²) in [5.74, 6) is 0.728. The summed E-state index contributed by atoms with van der Waals surface area (Å²) < 4.78 is 1.88. The average molecular weight is 435 g/mol. The molecule has 0 saturated heterocycles. The molecule has 0 aliphatic heterocycles. The summed E-state index contributed by atoms with van der Waals surface area (Å²) in [4.78, 5) is 25.2. The molecule has 168 valence electrons. The van der Waals surface area contributed by atoms with E-state index >= 15 is 0 Å². The van der Waals surface area contributed by atoms with Crippen LogP contribution in [-0.2, 0) is 0 Å². The van der Waals surface area contributed by atoms with Crippen molar-refractivity contribution < 1.29 is 9.59 Å². The highest BCUT2D eigenvalue weighted by Gasteiger charge is 2.24. The molecule has 0 spiro atoms. The molecule has 2 aromatic heterocycles. The zero-order chi connectivity index (χ0) is 22.5. The molecule has 1 saturated carbocycles. The summed E-state index contributed by atoms with van der Waals surface area (Å²) in [6.45, 7) is 4.05. The first kappa shape index (κ1) is 21.8. The Morgan fingerprint density at radius 2 is 1.75 bits per heavy atom. The van der Waals surface area contributed by atoms with Crippen molar-refractivity contribution in [2.75, 3.05) is 5.32 Å². The van der Waals surface area contributed by atoms with Gasteiger partial charge in [0.05, 0.1) is 6.04 Å². The van der Waals surface area contributed by atoms with Gasteiger partial charge in [0, 0.05) is 23.5 Å². The SMILES string of the molecule is CC(C)C(NC(=O)Nc1ccc(C(=O)NC2CCCCC2)cc1)c1nnc2ccccn12. The second kappa shape index (κ2) is 9.80. The number of carbonyl (C=O) groups is 2. The Bertz CT molecular complexity index is 1070. The first-order valence-corrected chi connectivity index (χ1v) is 11.3. The molecule has 1 aliphatic carbocycles. The normalized spacial score (nSPS) is 15.5. The van der Waals surface area contributed by atoms with Crippen molar-refractivity contribution >= 4 is 23.3 Å². The smallest absolute Gasteiger partial charge is 0.319 e. The highest BCUT2D eigenvalue weighted by molar-refractivity contribution is 5.95. The zero-order valence-corrected chi connectivity index (χ0v) is 18.5. The molecule has 3 N–H and O–H groups in total. The first-order chi connectivity index (χ1) is 15.5. The van der Waals surface area contributed by atoms with Gasteiger partial charge in [-0.05, 0) is 55.2 Å². The number of pyridine rings is 1. The Labute approximate surface area is 187 Å². The Morgan fingerprint density at radius 1 is 1.00 bits per heavy atom. The highest BCUT2D eigenvalue weighted by atomic mass is 16.2. The third kappa shape index (κ3) is 5.07. The Balaban J connectivity index is 1.38. The number of fused-ring (bicyclic) bond motifs is 1. The van der Waals surface area contributed by atoms with E-state index < -0.39 is 0 Å². The predicted molar refractivity (Wildman–Crippen MR) is 124 cm³/mol. The molecule has 0 bridgehead atoms. The van der Waals surface area contributed by atoms with Crippen molar-refractivity contribution in [2.45, 2.75) is 58.0 Å². The summed E-state index contributed by atoms with van der Waals surface area (Å²) in [6, 6.07) is 12.3. The molecule has 3 aromatic rings. The Hall–Kier alpha value is -3.42. The fourth-order valence-corrected chi connectivity index (χ4v) is 4.13. The minimum atomic E-state index is -0.337. The molecule has 1 fully saturated rings. The fourth-order valence-electron chi connectivity index (χ4n) is 4.13. The van der Waals surface area contributed by atoms with Crippen LogP contribution in [0.25, 0.3) is 5.65 Å². The van der Waals surface area contributed by atoms with Crippen LogP contribution in [0.2, 0.25) is 0 Å². The van der Waals surface area contributed by atoms with Crippen LogP contribution in [-0.4, -0.2) is 32.6 Å². The molecule has 1 aromatic carbocycles. The number of anilines is 1. The number of amides is 3. The number of carbonyl (C=O) groups excluding carboxylic acids is 2. The number of aromatic nitrogens is 3. The van der Waals surface area contributed by atoms with Crippen LogP contribution in [0.15, 0.2) is 48.7 Å². The van der Waals surface area contributed by atoms with E-state index in [1.165, 1.54) is 19.3 Å². The van der Waals surface area contributed by atoms with Crippen molar-refractivity contribution in [3.63, 3.8) is 0 Å². The van der Waals surface area contributed by atoms with Gasteiger partial charge in [0.1, 0.15) is 0 Å². The van der Waals surface area contributed by atoms with Gasteiger partial charge < -0.3 is 16.0 Å². The van der Waals surface area contributed by atoms with E-state index in [1.807, 2.05) is 42.6 Å². The second-order valence-electron chi connectivity index (χ2n) is 8.69. The van der Waals surface area contributed by atoms with E-state index in [4.69, 9.17) is 0 Å². The molecular formula is C24H30N6O2. The van der Waals surface area contributed by atoms with Gasteiger partial charge in [-0.15, -0.1) is 10.2 Å². The first-order valence-electron chi connectivity index (χ1n) is 11.3. The largest absolute Gasteiger partial charge is 0.349 e. The molecule has 1 aliphatic rings. The van der Waals surface area contributed by atoms with Gasteiger partial charge in [0.2, 0.25) is 0 Å². The summed E-state index contributed by atoms with van der Waals surface area (Å²) in [7, 11) is 0. The lowest BCUT2D eigenvalue weighted by atomic mass is 9.95. The quantitative estimate of drug-likeness (QED) is 0.538. The van der Waals surface area contributed by atoms with Gasteiger partial charge in [-0.25, -0.2) is 4.79 Å². The lowest BCUT2D eigenvalue weighted by Gasteiger charge is -2.23. The lowest BCUT2D eigenvalue weighted by molar-refractivity contribution is 0.0927. The van der Waals surface area contributed by atoms with Gasteiger partial charge >= 0.3 is 6.03 Å². The molecule has 1 atom stereocenters. The minimum Gasteiger partial charge on any atom is -0.349 e. The molecule has 2 heterocycles. The van der Waals surface area contributed by atoms with Crippen molar-refractivity contribution in [3.05, 3.63) is 60.0 Å². The maximum Gasteiger partial charge on any atom is 0.319 e. The number of rotatable bonds is 6. The molecule has 8 heteroatoms. The van der Waals surface area contributed by atoms with Crippen LogP contribution < -0.4 is 16.0 Å². The Morgan fingerprint density at radius 3 is 2.47 bits per heavy atom. The van der Waals surface area contributed by atoms with Crippen LogP contribution in [0, 0.1) is 5.92 Å². The van der Waals surface area contributed by atoms with Crippen LogP contribution >= 0.6 is 0 Å². The van der Waals surface area contributed by atoms with E-state index in [0.717, 1.165) is 18.5 Å². The number of urea groups is 1. The molecule has 0 radical (unpaired) electrons. The number of benzene rings is 1. The fraction of sp³-hybridized carbons (Fsp3) is 0.417. The van der Waals surface area contributed by atoms with Crippen LogP contribution in [0.5, 0.6) is 0 Å². The van der Waals surface area contributed by atoms with Gasteiger partial charge in [-0.1, -0.05) is 39.2 Å². The van der Waals surface area contributed by atoms with E-state index in [2.05, 4.69) is 26.1 Å². The summed E-state index contributed by atoms with van der Waals surface area (Å²) in [6.07, 6.45) is 7.57. The van der Waals surface area contributed by atoms with Gasteiger partial charge in [0.25, 0.3) is 5.91 Å². The van der Waals surface area contributed by atoms with E-state index in [-0.39, 0.29) is 29.9 Å². The van der Waals surface area contributed by atoms with Crippen molar-refractivity contribution in [1.29, 1.82) is 0 Å². The highest BCUT2D eigenvalue weighted by Crippen LogP contribution is 2.21. The molecule has 1 unspecified atom stereocenters. The maximum atomic E-state index is 12.7. The number of hydrogen-bond donors (Lipinski definition) is 3. The maximum absolute atomic E-state index is 12.7. The van der Waals surface area contributed by atoms with Crippen molar-refractivity contribution in [2.24, 2.45) is 5.92 Å².